The maximum absolute atomic E-state index is 13.4. The average Bonchev–Trinajstić information content (AvgIpc) is 3.05. The fourth-order valence-corrected chi connectivity index (χ4v) is 4.81. The lowest BCUT2D eigenvalue weighted by Gasteiger charge is -2.18. The Kier molecular flexibility index (Phi) is 6.34. The van der Waals surface area contributed by atoms with E-state index in [9.17, 15) is 25.6 Å². The molecule has 0 aromatic heterocycles. The normalized spacial score (nSPS) is 18.0. The van der Waals surface area contributed by atoms with Crippen molar-refractivity contribution in [2.45, 2.75) is 28.7 Å². The fourth-order valence-electron chi connectivity index (χ4n) is 3.13. The molecule has 1 N–H and O–H groups in total. The van der Waals surface area contributed by atoms with Crippen LogP contribution >= 0.6 is 0 Å². The summed E-state index contributed by atoms with van der Waals surface area (Å²) < 4.78 is 83.1. The Morgan fingerprint density at radius 3 is 2.23 bits per heavy atom. The van der Waals surface area contributed by atoms with Gasteiger partial charge >= 0.3 is 0 Å². The first-order valence-electron chi connectivity index (χ1n) is 9.06. The maximum atomic E-state index is 13.4. The number of halogens is 2. The van der Waals surface area contributed by atoms with E-state index >= 15 is 0 Å². The lowest BCUT2D eigenvalue weighted by molar-refractivity contribution is 0.138. The van der Waals surface area contributed by atoms with Crippen LogP contribution in [0.4, 0.5) is 14.5 Å². The number of sulfonamides is 1. The van der Waals surface area contributed by atoms with Gasteiger partial charge in [0.05, 0.1) is 21.0 Å². The molecule has 0 bridgehead atoms. The number of anilines is 1. The molecule has 2 aromatic carbocycles. The smallest absolute Gasteiger partial charge is 0.267 e. The number of ether oxygens (including phenoxy) is 1. The third-order valence-corrected chi connectivity index (χ3v) is 7.23. The van der Waals surface area contributed by atoms with Crippen LogP contribution in [0.5, 0.6) is 5.75 Å². The first-order valence-corrected chi connectivity index (χ1v) is 12.4. The van der Waals surface area contributed by atoms with E-state index in [1.807, 2.05) is 11.9 Å². The molecule has 7 nitrogen and oxygen atoms in total. The van der Waals surface area contributed by atoms with Crippen LogP contribution in [0.3, 0.4) is 0 Å². The molecule has 164 valence electrons. The average molecular weight is 461 g/mol. The molecule has 11 heteroatoms. The van der Waals surface area contributed by atoms with Crippen LogP contribution in [-0.2, 0) is 19.9 Å². The highest BCUT2D eigenvalue weighted by Crippen LogP contribution is 2.34. The number of alkyl halides is 2. The molecule has 0 aliphatic carbocycles. The van der Waals surface area contributed by atoms with Crippen LogP contribution in [0.25, 0.3) is 0 Å². The van der Waals surface area contributed by atoms with Crippen LogP contribution < -0.4 is 9.46 Å². The molecule has 1 fully saturated rings. The summed E-state index contributed by atoms with van der Waals surface area (Å²) in [7, 11) is -5.62. The van der Waals surface area contributed by atoms with Gasteiger partial charge in [-0.05, 0) is 49.9 Å². The van der Waals surface area contributed by atoms with E-state index in [4.69, 9.17) is 4.74 Å². The SMILES string of the molecule is CN1CC[C@@H](Oc2cc(NS(=O)(=O)c3ccc(S(C)(=O)=O)cc3)ccc2C(F)F)C1. The maximum Gasteiger partial charge on any atom is 0.267 e. The number of nitrogens with one attached hydrogen (secondary N) is 1. The van der Waals surface area contributed by atoms with Crippen LogP contribution in [0.2, 0.25) is 0 Å². The van der Waals surface area contributed by atoms with Crippen molar-refractivity contribution in [1.29, 1.82) is 0 Å². The zero-order chi connectivity index (χ0) is 22.1. The van der Waals surface area contributed by atoms with Crippen LogP contribution in [0.15, 0.2) is 52.3 Å². The van der Waals surface area contributed by atoms with E-state index in [0.29, 0.717) is 13.0 Å². The van der Waals surface area contributed by atoms with Gasteiger partial charge in [-0.2, -0.15) is 0 Å². The van der Waals surface area contributed by atoms with Gasteiger partial charge in [-0.1, -0.05) is 0 Å². The number of nitrogens with zero attached hydrogens (tertiary/aromatic N) is 1. The molecule has 30 heavy (non-hydrogen) atoms. The summed E-state index contributed by atoms with van der Waals surface area (Å²) in [6.45, 7) is 1.37. The molecule has 0 saturated carbocycles. The van der Waals surface area contributed by atoms with Crippen molar-refractivity contribution in [3.05, 3.63) is 48.0 Å². The Labute approximate surface area is 174 Å². The Morgan fingerprint density at radius 2 is 1.70 bits per heavy atom. The van der Waals surface area contributed by atoms with Gasteiger partial charge in [0, 0.05) is 25.4 Å². The highest BCUT2D eigenvalue weighted by Gasteiger charge is 2.25. The molecule has 1 aliphatic rings. The Bertz CT molecular complexity index is 1120. The number of rotatable bonds is 7. The van der Waals surface area contributed by atoms with E-state index in [1.165, 1.54) is 24.3 Å². The zero-order valence-corrected chi connectivity index (χ0v) is 18.0. The molecular formula is C19H22F2N2O5S2. The summed E-state index contributed by atoms with van der Waals surface area (Å²) in [6, 6.07) is 8.31. The molecule has 0 unspecified atom stereocenters. The summed E-state index contributed by atoms with van der Waals surface area (Å²) >= 11 is 0. The van der Waals surface area contributed by atoms with E-state index < -0.39 is 26.3 Å². The van der Waals surface area contributed by atoms with Gasteiger partial charge in [0.2, 0.25) is 0 Å². The second kappa shape index (κ2) is 8.48. The Morgan fingerprint density at radius 1 is 1.07 bits per heavy atom. The third-order valence-electron chi connectivity index (χ3n) is 4.70. The molecule has 0 radical (unpaired) electrons. The quantitative estimate of drug-likeness (QED) is 0.683. The minimum atomic E-state index is -4.06. The number of hydrogen-bond donors (Lipinski definition) is 1. The van der Waals surface area contributed by atoms with Gasteiger partial charge in [0.25, 0.3) is 16.4 Å². The third kappa shape index (κ3) is 5.27. The molecule has 1 aliphatic heterocycles. The predicted molar refractivity (Wildman–Crippen MR) is 108 cm³/mol. The summed E-state index contributed by atoms with van der Waals surface area (Å²) in [5, 5.41) is 0. The molecule has 1 atom stereocenters. The van der Waals surface area contributed by atoms with Gasteiger partial charge in [-0.3, -0.25) is 4.72 Å². The van der Waals surface area contributed by atoms with Gasteiger partial charge in [0.15, 0.2) is 9.84 Å². The van der Waals surface area contributed by atoms with Crippen molar-refractivity contribution in [1.82, 2.24) is 4.90 Å². The molecule has 3 rings (SSSR count). The molecule has 0 amide bonds. The van der Waals surface area contributed by atoms with E-state index in [2.05, 4.69) is 4.72 Å². The van der Waals surface area contributed by atoms with Crippen molar-refractivity contribution >= 4 is 25.5 Å². The zero-order valence-electron chi connectivity index (χ0n) is 16.4. The summed E-state index contributed by atoms with van der Waals surface area (Å²) in [5.41, 5.74) is -0.252. The Balaban J connectivity index is 1.85. The largest absolute Gasteiger partial charge is 0.488 e. The lowest BCUT2D eigenvalue weighted by atomic mass is 10.2. The van der Waals surface area contributed by atoms with Crippen molar-refractivity contribution < 1.29 is 30.4 Å². The lowest BCUT2D eigenvalue weighted by Crippen LogP contribution is -2.22. The molecule has 2 aromatic rings. The number of sulfone groups is 1. The summed E-state index contributed by atoms with van der Waals surface area (Å²) in [5.74, 6) is -0.0714. The highest BCUT2D eigenvalue weighted by atomic mass is 32.2. The van der Waals surface area contributed by atoms with Crippen molar-refractivity contribution in [3.8, 4) is 5.75 Å². The number of likely N-dealkylation sites (N-methyl/N-ethyl adjacent to an activating group) is 1. The van der Waals surface area contributed by atoms with E-state index in [1.54, 1.807) is 0 Å². The molecule has 0 spiro atoms. The molecule has 1 saturated heterocycles. The first kappa shape index (κ1) is 22.4. The number of likely N-dealkylation sites (tertiary alicyclic amines) is 1. The van der Waals surface area contributed by atoms with Crippen LogP contribution in [0, 0.1) is 0 Å². The second-order valence-corrected chi connectivity index (χ2v) is 10.9. The minimum Gasteiger partial charge on any atom is -0.488 e. The topological polar surface area (TPSA) is 92.8 Å². The van der Waals surface area contributed by atoms with Gasteiger partial charge < -0.3 is 9.64 Å². The van der Waals surface area contributed by atoms with Gasteiger partial charge in [0.1, 0.15) is 11.9 Å². The summed E-state index contributed by atoms with van der Waals surface area (Å²) in [6.07, 6.45) is -1.33. The van der Waals surface area contributed by atoms with Crippen molar-refractivity contribution in [3.63, 3.8) is 0 Å². The monoisotopic (exact) mass is 460 g/mol. The second-order valence-electron chi connectivity index (χ2n) is 7.19. The summed E-state index contributed by atoms with van der Waals surface area (Å²) in [4.78, 5) is 1.84. The van der Waals surface area contributed by atoms with Gasteiger partial charge in [-0.25, -0.2) is 25.6 Å². The predicted octanol–water partition coefficient (Wildman–Crippen LogP) is 2.91. The van der Waals surface area contributed by atoms with Crippen LogP contribution in [0.1, 0.15) is 18.4 Å². The van der Waals surface area contributed by atoms with E-state index in [-0.39, 0.29) is 32.9 Å². The van der Waals surface area contributed by atoms with Crippen molar-refractivity contribution in [2.24, 2.45) is 0 Å². The van der Waals surface area contributed by atoms with Crippen molar-refractivity contribution in [2.75, 3.05) is 31.1 Å². The molecular weight excluding hydrogens is 438 g/mol. The molecule has 1 heterocycles. The fraction of sp³-hybridized carbons (Fsp3) is 0.368. The minimum absolute atomic E-state index is 0.0139. The van der Waals surface area contributed by atoms with E-state index in [0.717, 1.165) is 31.0 Å². The van der Waals surface area contributed by atoms with Gasteiger partial charge in [-0.15, -0.1) is 0 Å². The number of benzene rings is 2. The highest BCUT2D eigenvalue weighted by molar-refractivity contribution is 7.92. The number of hydrogen-bond acceptors (Lipinski definition) is 6. The standard InChI is InChI=1S/C19H22F2N2O5S2/c1-23-10-9-14(12-23)28-18-11-13(3-8-17(18)19(20)21)22-30(26,27)16-6-4-15(5-7-16)29(2,24)25/h3-8,11,14,19,22H,9-10,12H2,1-2H3/t14-/m1/s1. The Hall–Kier alpha value is -2.24. The van der Waals surface area contributed by atoms with Crippen LogP contribution in [-0.4, -0.2) is 54.2 Å². The first-order chi connectivity index (χ1) is 14.0.